The molecule has 2 saturated heterocycles. The predicted molar refractivity (Wildman–Crippen MR) is 269 cm³/mol. The third-order valence-electron chi connectivity index (χ3n) is 13.3. The highest BCUT2D eigenvalue weighted by molar-refractivity contribution is 5.92. The number of benzene rings is 1. The van der Waals surface area contributed by atoms with Gasteiger partial charge in [0.25, 0.3) is 0 Å². The molecule has 29 heteroatoms. The smallest absolute Gasteiger partial charge is 0.326 e. The average molecular weight is 1110 g/mol. The zero-order valence-corrected chi connectivity index (χ0v) is 43.7. The summed E-state index contributed by atoms with van der Waals surface area (Å²) in [5.41, 5.74) is 12.1. The number of aliphatic hydroxyl groups excluding tert-OH is 6. The third kappa shape index (κ3) is 18.1. The van der Waals surface area contributed by atoms with Gasteiger partial charge in [-0.1, -0.05) is 24.6 Å². The van der Waals surface area contributed by atoms with Gasteiger partial charge in [0, 0.05) is 62.7 Å². The maximum atomic E-state index is 15.0. The number of aliphatic hydroxyl groups is 6. The lowest BCUT2D eigenvalue weighted by Crippen LogP contribution is -2.71. The lowest BCUT2D eigenvalue weighted by molar-refractivity contribution is -0.268. The highest BCUT2D eigenvalue weighted by Crippen LogP contribution is 2.30. The van der Waals surface area contributed by atoms with Gasteiger partial charge in [-0.25, -0.2) is 4.79 Å². The summed E-state index contributed by atoms with van der Waals surface area (Å²) in [5.74, 6) is -8.74. The Balaban J connectivity index is 1.61. The number of carbonyl (C=O) groups excluding carboxylic acids is 7. The topological polar surface area (TPSA) is 474 Å². The minimum absolute atomic E-state index is 0.0220. The van der Waals surface area contributed by atoms with E-state index in [0.717, 1.165) is 13.8 Å². The molecule has 1 aromatic heterocycles. The van der Waals surface area contributed by atoms with Crippen LogP contribution in [0.4, 0.5) is 0 Å². The van der Waals surface area contributed by atoms with Gasteiger partial charge in [-0.15, -0.1) is 0 Å². The Morgan fingerprint density at radius 3 is 1.97 bits per heavy atom. The van der Waals surface area contributed by atoms with Crippen LogP contribution >= 0.6 is 0 Å². The lowest BCUT2D eigenvalue weighted by Gasteiger charge is -2.48. The zero-order chi connectivity index (χ0) is 58.1. The van der Waals surface area contributed by atoms with E-state index in [4.69, 9.17) is 25.7 Å². The van der Waals surface area contributed by atoms with E-state index in [1.165, 1.54) is 13.1 Å². The number of carbonyl (C=O) groups is 9. The van der Waals surface area contributed by atoms with Gasteiger partial charge in [0.15, 0.2) is 12.5 Å². The normalized spacial score (nSPS) is 25.5. The SMILES string of the molecule is CC(=O)N[C@@H]1[C@@H](OC(C)CC(CCCCC(=O)N[C@@H](CCC(=O)O)C(=O)N(C2O[C@H](CO)[C@@H](O)[C@H](O)[C@H]2NC(C)=O)[C@@H](Cc2c[nH]c3ccccc23)C(=O)O)NC(=O)CC[C@@H](NC(=O)[C@H](C)N)C(N)=O)[C@H](O)[C@@H](CO)O[C@H]1O. The first-order valence-electron chi connectivity index (χ1n) is 25.5. The Morgan fingerprint density at radius 2 is 1.37 bits per heavy atom. The minimum atomic E-state index is -1.96. The van der Waals surface area contributed by atoms with E-state index in [2.05, 4.69) is 31.6 Å². The molecule has 0 bridgehead atoms. The van der Waals surface area contributed by atoms with Crippen LogP contribution < -0.4 is 38.1 Å². The highest BCUT2D eigenvalue weighted by atomic mass is 16.6. The van der Waals surface area contributed by atoms with Crippen molar-refractivity contribution in [3.8, 4) is 0 Å². The van der Waals surface area contributed by atoms with E-state index in [1.807, 2.05) is 0 Å². The fourth-order valence-electron chi connectivity index (χ4n) is 9.42. The average Bonchev–Trinajstić information content (AvgIpc) is 3.85. The summed E-state index contributed by atoms with van der Waals surface area (Å²) in [6, 6.07) is -3.01. The Kier molecular flexibility index (Phi) is 24.7. The molecule has 7 amide bonds. The molecule has 2 aliphatic heterocycles. The summed E-state index contributed by atoms with van der Waals surface area (Å²) in [6.45, 7) is 3.46. The molecule has 78 heavy (non-hydrogen) atoms. The molecule has 2 aliphatic rings. The fourth-order valence-corrected chi connectivity index (χ4v) is 9.42. The van der Waals surface area contributed by atoms with Crippen LogP contribution in [-0.2, 0) is 63.8 Å². The van der Waals surface area contributed by atoms with Crippen molar-refractivity contribution in [2.75, 3.05) is 13.2 Å². The van der Waals surface area contributed by atoms with E-state index in [1.54, 1.807) is 31.2 Å². The van der Waals surface area contributed by atoms with Gasteiger partial charge < -0.3 is 98.1 Å². The molecule has 0 spiro atoms. The largest absolute Gasteiger partial charge is 0.481 e. The number of aromatic amines is 1. The van der Waals surface area contributed by atoms with E-state index < -0.39 is 183 Å². The van der Waals surface area contributed by atoms with Gasteiger partial charge in [0.2, 0.25) is 41.4 Å². The van der Waals surface area contributed by atoms with Gasteiger partial charge in [-0.2, -0.15) is 0 Å². The number of carboxylic acid groups (broad SMARTS) is 2. The van der Waals surface area contributed by atoms with Crippen LogP contribution in [0, 0.1) is 0 Å². The van der Waals surface area contributed by atoms with Gasteiger partial charge in [-0.05, 0) is 57.6 Å². The van der Waals surface area contributed by atoms with Gasteiger partial charge >= 0.3 is 11.9 Å². The van der Waals surface area contributed by atoms with Gasteiger partial charge in [0.1, 0.15) is 66.8 Å². The number of carboxylic acids is 2. The second-order valence-electron chi connectivity index (χ2n) is 19.6. The fraction of sp³-hybridized carbons (Fsp3) is 0.653. The number of aliphatic carboxylic acids is 2. The van der Waals surface area contributed by atoms with Crippen molar-refractivity contribution in [2.24, 2.45) is 11.5 Å². The van der Waals surface area contributed by atoms with Crippen molar-refractivity contribution in [3.05, 3.63) is 36.0 Å². The number of primary amides is 1. The molecule has 2 fully saturated rings. The number of hydrogen-bond acceptors (Lipinski definition) is 19. The molecule has 16 atom stereocenters. The molecule has 0 saturated carbocycles. The number of rotatable bonds is 30. The van der Waals surface area contributed by atoms with Crippen LogP contribution in [0.1, 0.15) is 91.0 Å². The third-order valence-corrected chi connectivity index (χ3v) is 13.3. The number of aromatic nitrogens is 1. The monoisotopic (exact) mass is 1110 g/mol. The van der Waals surface area contributed by atoms with Crippen LogP contribution in [0.15, 0.2) is 30.5 Å². The summed E-state index contributed by atoms with van der Waals surface area (Å²) in [4.78, 5) is 120. The first kappa shape index (κ1) is 64.1. The summed E-state index contributed by atoms with van der Waals surface area (Å²) < 4.78 is 17.3. The number of nitrogens with two attached hydrogens (primary N) is 2. The van der Waals surface area contributed by atoms with Crippen LogP contribution in [0.25, 0.3) is 10.9 Å². The zero-order valence-electron chi connectivity index (χ0n) is 43.7. The molecule has 2 aromatic rings. The number of nitrogens with zero attached hydrogens (tertiary/aromatic N) is 1. The van der Waals surface area contributed by atoms with Crippen LogP contribution in [0.3, 0.4) is 0 Å². The number of unbranched alkanes of at least 4 members (excludes halogenated alkanes) is 1. The first-order valence-corrected chi connectivity index (χ1v) is 25.5. The number of nitrogens with one attached hydrogen (secondary N) is 6. The molecule has 436 valence electrons. The summed E-state index contributed by atoms with van der Waals surface area (Å²) in [6.07, 6.45) is -15.1. The maximum Gasteiger partial charge on any atom is 0.326 e. The van der Waals surface area contributed by atoms with Crippen molar-refractivity contribution in [3.63, 3.8) is 0 Å². The maximum absolute atomic E-state index is 15.0. The van der Waals surface area contributed by atoms with Crippen molar-refractivity contribution >= 4 is 64.2 Å². The molecular formula is C49H75N9O20. The van der Waals surface area contributed by atoms with E-state index >= 15 is 4.79 Å². The molecule has 29 nitrogen and oxygen atoms in total. The molecule has 0 radical (unpaired) electrons. The second-order valence-corrected chi connectivity index (χ2v) is 19.6. The number of para-hydroxylation sites is 1. The van der Waals surface area contributed by atoms with Crippen LogP contribution in [-0.4, -0.2) is 215 Å². The molecular weight excluding hydrogens is 1030 g/mol. The number of ether oxygens (including phenoxy) is 3. The Morgan fingerprint density at radius 1 is 0.756 bits per heavy atom. The molecule has 18 N–H and O–H groups in total. The van der Waals surface area contributed by atoms with Crippen molar-refractivity contribution < 1.29 is 98.2 Å². The molecule has 3 unspecified atom stereocenters. The Hall–Kier alpha value is -6.41. The van der Waals surface area contributed by atoms with Crippen molar-refractivity contribution in [1.29, 1.82) is 0 Å². The number of H-pyrrole nitrogens is 1. The Bertz CT molecular complexity index is 2390. The molecule has 3 heterocycles. The minimum Gasteiger partial charge on any atom is -0.481 e. The standard InChI is InChI=1S/C49H75N9O20/c1-22(76-43-39(54-25(4)62)49(75)78-34(21-60)41(43)68)17-27(55-36(64)15-13-30(44(51)70)57-45(71)23(2)50)9-5-8-12-35(63)56-31(14-16-37(65)66)46(72)58(47-38(53-24(3)61)42(69)40(67)33(20-59)77-47)32(48(73)74)18-26-19-52-29-11-7-6-10-28(26)29/h6-7,10-11,19,22-23,27,30-34,38-43,47,49,52,59-60,67-69,75H,5,8-9,12-18,20-21,50H2,1-4H3,(H2,51,70)(H,53,61)(H,54,62)(H,55,64)(H,56,63)(H,57,71)(H,65,66)(H,73,74)/t22?,23-,27?,30+,31-,32-,33+,34+,38+,39+,40+,41+,42+,43+,47?,49+/m0/s1. The van der Waals surface area contributed by atoms with Crippen LogP contribution in [0.5, 0.6) is 0 Å². The molecule has 4 rings (SSSR count). The van der Waals surface area contributed by atoms with Crippen molar-refractivity contribution in [2.45, 2.75) is 189 Å². The number of fused-ring (bicyclic) bond motifs is 1. The molecule has 0 aliphatic carbocycles. The summed E-state index contributed by atoms with van der Waals surface area (Å²) >= 11 is 0. The number of amides is 7. The van der Waals surface area contributed by atoms with E-state index in [-0.39, 0.29) is 44.9 Å². The number of hydrogen-bond donors (Lipinski definition) is 16. The van der Waals surface area contributed by atoms with Crippen molar-refractivity contribution in [1.82, 2.24) is 36.5 Å². The van der Waals surface area contributed by atoms with E-state index in [9.17, 15) is 79.2 Å². The van der Waals surface area contributed by atoms with Gasteiger partial charge in [0.05, 0.1) is 25.4 Å². The van der Waals surface area contributed by atoms with Crippen LogP contribution in [0.2, 0.25) is 0 Å². The summed E-state index contributed by atoms with van der Waals surface area (Å²) in [5, 5.41) is 97.5. The summed E-state index contributed by atoms with van der Waals surface area (Å²) in [7, 11) is 0. The highest BCUT2D eigenvalue weighted by Gasteiger charge is 2.52. The Labute approximate surface area is 448 Å². The van der Waals surface area contributed by atoms with Gasteiger partial charge in [-0.3, -0.25) is 43.3 Å². The molecule has 1 aromatic carbocycles. The predicted octanol–water partition coefficient (Wildman–Crippen LogP) is -4.83. The lowest BCUT2D eigenvalue weighted by atomic mass is 9.93. The first-order chi connectivity index (χ1) is 36.8. The second kappa shape index (κ2) is 30.1. The quantitative estimate of drug-likeness (QED) is 0.0326. The van der Waals surface area contributed by atoms with E-state index in [0.29, 0.717) is 21.4 Å².